The molecule has 118 valence electrons. The highest BCUT2D eigenvalue weighted by Gasteiger charge is 2.16. The fourth-order valence-electron chi connectivity index (χ4n) is 1.61. The third kappa shape index (κ3) is 5.65. The lowest BCUT2D eigenvalue weighted by Gasteiger charge is -2.15. The summed E-state index contributed by atoms with van der Waals surface area (Å²) >= 11 is 6.04. The lowest BCUT2D eigenvalue weighted by molar-refractivity contribution is -0.0276. The number of carbonyl (C=O) groups excluding carboxylic acids is 1. The van der Waals surface area contributed by atoms with Gasteiger partial charge in [0.15, 0.2) is 6.79 Å². The van der Waals surface area contributed by atoms with Crippen molar-refractivity contribution in [1.29, 1.82) is 0 Å². The average Bonchev–Trinajstić information content (AvgIpc) is 2.37. The van der Waals surface area contributed by atoms with Gasteiger partial charge in [0.25, 0.3) is 5.56 Å². The van der Waals surface area contributed by atoms with Crippen LogP contribution in [0.5, 0.6) is 0 Å². The molecule has 1 aromatic heterocycles. The molecule has 0 bridgehead atoms. The second-order valence-corrected chi connectivity index (χ2v) is 11.9. The molecule has 0 spiro atoms. The Kier molecular flexibility index (Phi) is 6.64. The molecule has 7 heteroatoms. The number of nitrogens with zero attached hydrogens (tertiary/aromatic N) is 1. The highest BCUT2D eigenvalue weighted by molar-refractivity contribution is 6.76. The summed E-state index contributed by atoms with van der Waals surface area (Å²) in [5, 5.41) is 0.0945. The molecule has 0 amide bonds. The fraction of sp³-hybridized carbons (Fsp3) is 0.571. The maximum atomic E-state index is 11.9. The Morgan fingerprint density at radius 3 is 2.57 bits per heavy atom. The molecule has 1 heterocycles. The fourth-order valence-corrected chi connectivity index (χ4v) is 2.71. The number of esters is 1. The van der Waals surface area contributed by atoms with Crippen LogP contribution in [0.15, 0.2) is 16.9 Å². The monoisotopic (exact) mass is 331 g/mol. The van der Waals surface area contributed by atoms with Gasteiger partial charge in [0, 0.05) is 27.3 Å². The summed E-state index contributed by atoms with van der Waals surface area (Å²) in [5.41, 5.74) is -0.0719. The minimum absolute atomic E-state index is 0.0945. The Hall–Kier alpha value is -1.11. The SMILES string of the molecule is CCn1c(Cl)c(C(=O)OCOCC[Si](C)(C)C)ccc1=O. The number of carbonyl (C=O) groups is 1. The summed E-state index contributed by atoms with van der Waals surface area (Å²) in [6.45, 7) is 9.38. The largest absolute Gasteiger partial charge is 0.435 e. The van der Waals surface area contributed by atoms with Crippen LogP contribution < -0.4 is 5.56 Å². The maximum Gasteiger partial charge on any atom is 0.343 e. The molecule has 0 unspecified atom stereocenters. The number of hydrogen-bond acceptors (Lipinski definition) is 4. The van der Waals surface area contributed by atoms with Crippen LogP contribution in [0.25, 0.3) is 0 Å². The second-order valence-electron chi connectivity index (χ2n) is 5.89. The van der Waals surface area contributed by atoms with Gasteiger partial charge in [0.05, 0.1) is 5.56 Å². The van der Waals surface area contributed by atoms with E-state index in [2.05, 4.69) is 19.6 Å². The number of halogens is 1. The van der Waals surface area contributed by atoms with E-state index in [0.29, 0.717) is 13.2 Å². The molecule has 0 aliphatic heterocycles. The first-order valence-electron chi connectivity index (χ1n) is 6.90. The van der Waals surface area contributed by atoms with E-state index < -0.39 is 14.0 Å². The smallest absolute Gasteiger partial charge is 0.343 e. The molecule has 0 N–H and O–H groups in total. The van der Waals surface area contributed by atoms with Gasteiger partial charge in [0.2, 0.25) is 0 Å². The zero-order chi connectivity index (χ0) is 16.0. The predicted octanol–water partition coefficient (Wildman–Crippen LogP) is 2.99. The van der Waals surface area contributed by atoms with Crippen LogP contribution in [0, 0.1) is 0 Å². The van der Waals surface area contributed by atoms with Crippen LogP contribution in [-0.4, -0.2) is 32.0 Å². The molecule has 0 aromatic carbocycles. The van der Waals surface area contributed by atoms with Crippen molar-refractivity contribution in [1.82, 2.24) is 4.57 Å². The van der Waals surface area contributed by atoms with E-state index in [1.54, 1.807) is 6.92 Å². The lowest BCUT2D eigenvalue weighted by atomic mass is 10.3. The van der Waals surface area contributed by atoms with Crippen LogP contribution in [-0.2, 0) is 16.0 Å². The average molecular weight is 332 g/mol. The quantitative estimate of drug-likeness (QED) is 0.253. The van der Waals surface area contributed by atoms with E-state index in [9.17, 15) is 9.59 Å². The molecule has 0 radical (unpaired) electrons. The summed E-state index contributed by atoms with van der Waals surface area (Å²) in [7, 11) is -1.15. The molecule has 0 saturated heterocycles. The van der Waals surface area contributed by atoms with Gasteiger partial charge in [-0.15, -0.1) is 0 Å². The topological polar surface area (TPSA) is 57.5 Å². The van der Waals surface area contributed by atoms with Crippen LogP contribution >= 0.6 is 11.6 Å². The van der Waals surface area contributed by atoms with Gasteiger partial charge in [-0.1, -0.05) is 31.2 Å². The van der Waals surface area contributed by atoms with Crippen LogP contribution in [0.3, 0.4) is 0 Å². The van der Waals surface area contributed by atoms with E-state index in [1.807, 2.05) is 0 Å². The Balaban J connectivity index is 2.55. The molecular formula is C14H22ClNO4Si. The van der Waals surface area contributed by atoms with Gasteiger partial charge < -0.3 is 9.47 Å². The number of pyridine rings is 1. The maximum absolute atomic E-state index is 11.9. The molecule has 0 aliphatic rings. The first-order valence-corrected chi connectivity index (χ1v) is 11.0. The standard InChI is InChI=1S/C14H22ClNO4Si/c1-5-16-12(17)7-6-11(13(16)15)14(18)20-10-19-8-9-21(2,3)4/h6-7H,5,8-10H2,1-4H3. The van der Waals surface area contributed by atoms with Crippen LogP contribution in [0.4, 0.5) is 0 Å². The molecule has 0 fully saturated rings. The molecular weight excluding hydrogens is 310 g/mol. The van der Waals surface area contributed by atoms with Gasteiger partial charge in [0.1, 0.15) is 5.15 Å². The van der Waals surface area contributed by atoms with E-state index in [-0.39, 0.29) is 23.1 Å². The normalized spacial score (nSPS) is 11.5. The molecule has 0 atom stereocenters. The summed E-state index contributed by atoms with van der Waals surface area (Å²) < 4.78 is 11.6. The lowest BCUT2D eigenvalue weighted by Crippen LogP contribution is -2.23. The second kappa shape index (κ2) is 7.77. The molecule has 1 aromatic rings. The highest BCUT2D eigenvalue weighted by atomic mass is 35.5. The van der Waals surface area contributed by atoms with E-state index in [1.165, 1.54) is 16.7 Å². The Morgan fingerprint density at radius 1 is 1.33 bits per heavy atom. The van der Waals surface area contributed by atoms with Crippen LogP contribution in [0.2, 0.25) is 30.8 Å². The van der Waals surface area contributed by atoms with E-state index in [4.69, 9.17) is 21.1 Å². The molecule has 1 rings (SSSR count). The number of aromatic nitrogens is 1. The predicted molar refractivity (Wildman–Crippen MR) is 85.8 cm³/mol. The zero-order valence-corrected chi connectivity index (χ0v) is 14.7. The Labute approximate surface area is 130 Å². The van der Waals surface area contributed by atoms with Crippen molar-refractivity contribution in [2.75, 3.05) is 13.4 Å². The first kappa shape index (κ1) is 17.9. The van der Waals surface area contributed by atoms with Crippen molar-refractivity contribution in [2.45, 2.75) is 39.2 Å². The third-order valence-corrected chi connectivity index (χ3v) is 5.04. The van der Waals surface area contributed by atoms with Crippen molar-refractivity contribution in [3.8, 4) is 0 Å². The zero-order valence-electron chi connectivity index (χ0n) is 12.9. The molecule has 21 heavy (non-hydrogen) atoms. The highest BCUT2D eigenvalue weighted by Crippen LogP contribution is 2.15. The molecule has 5 nitrogen and oxygen atoms in total. The number of rotatable bonds is 7. The van der Waals surface area contributed by atoms with Crippen molar-refractivity contribution < 1.29 is 14.3 Å². The third-order valence-electron chi connectivity index (χ3n) is 2.92. The molecule has 0 saturated carbocycles. The van der Waals surface area contributed by atoms with Crippen molar-refractivity contribution >= 4 is 25.6 Å². The molecule has 0 aliphatic carbocycles. The minimum Gasteiger partial charge on any atom is -0.435 e. The van der Waals surface area contributed by atoms with Gasteiger partial charge in [-0.3, -0.25) is 9.36 Å². The Morgan fingerprint density at radius 2 is 2.00 bits per heavy atom. The van der Waals surface area contributed by atoms with E-state index in [0.717, 1.165) is 6.04 Å². The Bertz CT molecular complexity index is 551. The van der Waals surface area contributed by atoms with Crippen LogP contribution in [0.1, 0.15) is 17.3 Å². The van der Waals surface area contributed by atoms with Gasteiger partial charge in [-0.05, 0) is 19.0 Å². The van der Waals surface area contributed by atoms with E-state index >= 15 is 0 Å². The summed E-state index contributed by atoms with van der Waals surface area (Å²) in [6.07, 6.45) is 0. The minimum atomic E-state index is -1.15. The first-order chi connectivity index (χ1) is 9.76. The van der Waals surface area contributed by atoms with Crippen molar-refractivity contribution in [3.63, 3.8) is 0 Å². The summed E-state index contributed by atoms with van der Waals surface area (Å²) in [6, 6.07) is 3.69. The van der Waals surface area contributed by atoms with Gasteiger partial charge in [-0.25, -0.2) is 4.79 Å². The van der Waals surface area contributed by atoms with Gasteiger partial charge in [-0.2, -0.15) is 0 Å². The summed E-state index contributed by atoms with van der Waals surface area (Å²) in [4.78, 5) is 23.5. The summed E-state index contributed by atoms with van der Waals surface area (Å²) in [5.74, 6) is -0.588. The van der Waals surface area contributed by atoms with Crippen molar-refractivity contribution in [3.05, 3.63) is 33.2 Å². The van der Waals surface area contributed by atoms with Gasteiger partial charge >= 0.3 is 5.97 Å². The number of hydrogen-bond donors (Lipinski definition) is 0. The number of ether oxygens (including phenoxy) is 2. The van der Waals surface area contributed by atoms with Crippen molar-refractivity contribution in [2.24, 2.45) is 0 Å².